The first-order valence-corrected chi connectivity index (χ1v) is 12.4. The third kappa shape index (κ3) is 5.02. The number of rotatable bonds is 8. The second kappa shape index (κ2) is 10.5. The van der Waals surface area contributed by atoms with E-state index in [9.17, 15) is 4.79 Å². The van der Waals surface area contributed by atoms with Gasteiger partial charge in [-0.15, -0.1) is 0 Å². The molecule has 2 N–H and O–H groups in total. The Hall–Kier alpha value is -3.40. The summed E-state index contributed by atoms with van der Waals surface area (Å²) in [6, 6.07) is 18.5. The number of fused-ring (bicyclic) bond motifs is 1. The number of nitrogens with zero attached hydrogens (tertiary/aromatic N) is 2. The van der Waals surface area contributed by atoms with Gasteiger partial charge in [0.05, 0.1) is 10.7 Å². The van der Waals surface area contributed by atoms with Crippen LogP contribution in [0.25, 0.3) is 22.4 Å². The monoisotopic (exact) mass is 486 g/mol. The van der Waals surface area contributed by atoms with E-state index in [4.69, 9.17) is 26.6 Å². The van der Waals surface area contributed by atoms with Crippen molar-refractivity contribution in [2.45, 2.75) is 44.7 Å². The van der Waals surface area contributed by atoms with Crippen LogP contribution in [0.5, 0.6) is 5.88 Å². The number of aromatic nitrogens is 1. The van der Waals surface area contributed by atoms with Crippen LogP contribution in [0.15, 0.2) is 48.5 Å². The van der Waals surface area contributed by atoms with Crippen molar-refractivity contribution in [1.82, 2.24) is 15.6 Å². The Kier molecular flexibility index (Phi) is 6.98. The van der Waals surface area contributed by atoms with Crippen LogP contribution in [0, 0.1) is 11.3 Å². The van der Waals surface area contributed by atoms with Crippen molar-refractivity contribution in [2.24, 2.45) is 0 Å². The van der Waals surface area contributed by atoms with Crippen molar-refractivity contribution in [3.8, 4) is 34.3 Å². The maximum Gasteiger partial charge on any atom is 0.220 e. The number of hydrogen-bond donors (Lipinski definition) is 2. The first-order chi connectivity index (χ1) is 17.1. The van der Waals surface area contributed by atoms with E-state index in [1.165, 1.54) is 23.1 Å². The molecule has 2 heterocycles. The number of nitriles is 1. The molecule has 1 amide bonds. The lowest BCUT2D eigenvalue weighted by Crippen LogP contribution is -2.35. The van der Waals surface area contributed by atoms with E-state index in [0.29, 0.717) is 36.1 Å². The third-order valence-electron chi connectivity index (χ3n) is 6.71. The third-order valence-corrected chi connectivity index (χ3v) is 7.12. The van der Waals surface area contributed by atoms with Crippen molar-refractivity contribution in [3.63, 3.8) is 0 Å². The first kappa shape index (κ1) is 23.3. The van der Waals surface area contributed by atoms with Gasteiger partial charge in [-0.2, -0.15) is 5.26 Å². The van der Waals surface area contributed by atoms with Gasteiger partial charge < -0.3 is 15.4 Å². The fourth-order valence-corrected chi connectivity index (χ4v) is 5.33. The molecule has 1 saturated heterocycles. The van der Waals surface area contributed by atoms with Crippen LogP contribution in [-0.2, 0) is 24.2 Å². The molecule has 5 rings (SSSR count). The summed E-state index contributed by atoms with van der Waals surface area (Å²) in [6.07, 6.45) is 4.77. The van der Waals surface area contributed by atoms with E-state index in [-0.39, 0.29) is 18.6 Å². The quantitative estimate of drug-likeness (QED) is 0.476. The fourth-order valence-electron chi connectivity index (χ4n) is 5.00. The van der Waals surface area contributed by atoms with E-state index in [1.54, 1.807) is 0 Å². The van der Waals surface area contributed by atoms with Crippen molar-refractivity contribution < 1.29 is 9.53 Å². The van der Waals surface area contributed by atoms with Crippen LogP contribution in [0.4, 0.5) is 0 Å². The summed E-state index contributed by atoms with van der Waals surface area (Å²) in [5.41, 5.74) is 7.36. The van der Waals surface area contributed by atoms with E-state index in [1.807, 2.05) is 30.3 Å². The molecule has 3 aromatic rings. The summed E-state index contributed by atoms with van der Waals surface area (Å²) in [7, 11) is 0. The molecular weight excluding hydrogens is 460 g/mol. The van der Waals surface area contributed by atoms with Crippen LogP contribution in [-0.4, -0.2) is 30.1 Å². The molecule has 1 aliphatic heterocycles. The summed E-state index contributed by atoms with van der Waals surface area (Å²) >= 11 is 6.96. The second-order valence-electron chi connectivity index (χ2n) is 9.01. The zero-order valence-corrected chi connectivity index (χ0v) is 20.2. The topological polar surface area (TPSA) is 87.0 Å². The van der Waals surface area contributed by atoms with Crippen LogP contribution < -0.4 is 15.4 Å². The number of pyridine rings is 1. The number of ether oxygens (including phenoxy) is 1. The summed E-state index contributed by atoms with van der Waals surface area (Å²) in [5.74, 6) is 0.509. The molecule has 0 spiro atoms. The lowest BCUT2D eigenvalue weighted by molar-refractivity contribution is -0.119. The molecule has 178 valence electrons. The van der Waals surface area contributed by atoms with Gasteiger partial charge in [0.2, 0.25) is 11.8 Å². The largest absolute Gasteiger partial charge is 0.462 e. The molecule has 7 heteroatoms. The number of hydrogen-bond acceptors (Lipinski definition) is 5. The van der Waals surface area contributed by atoms with E-state index in [2.05, 4.69) is 34.9 Å². The van der Waals surface area contributed by atoms with Gasteiger partial charge in [0, 0.05) is 42.2 Å². The summed E-state index contributed by atoms with van der Waals surface area (Å²) in [4.78, 5) is 16.2. The molecule has 0 radical (unpaired) electrons. The lowest BCUT2D eigenvalue weighted by atomic mass is 9.95. The van der Waals surface area contributed by atoms with Gasteiger partial charge in [-0.05, 0) is 48.4 Å². The van der Waals surface area contributed by atoms with Gasteiger partial charge in [0.25, 0.3) is 0 Å². The average Bonchev–Trinajstić information content (AvgIpc) is 3.52. The Labute approximate surface area is 210 Å². The van der Waals surface area contributed by atoms with Gasteiger partial charge >= 0.3 is 0 Å². The maximum absolute atomic E-state index is 11.4. The van der Waals surface area contributed by atoms with E-state index < -0.39 is 0 Å². The minimum Gasteiger partial charge on any atom is -0.462 e. The molecule has 2 aliphatic rings. The standard InChI is InChI=1S/C28H27ClN4O2/c29-27-23(22-7-2-5-18-4-1-6-21(18)22)8-3-9-24(27)25-12-10-19(28(33-25)35-15-14-30)16-31-17-20-11-13-26(34)32-20/h2-3,5,7-10,12,20,31H,1,4,6,11,13,15-17H2,(H,32,34)/t20-/m0/s1. The SMILES string of the molecule is N#CCOc1nc(-c2cccc(-c3cccc4c3CCC4)c2Cl)ccc1CNC[C@@H]1CCC(=O)N1. The Morgan fingerprint density at radius 2 is 1.91 bits per heavy atom. The van der Waals surface area contributed by atoms with Gasteiger partial charge in [-0.3, -0.25) is 4.79 Å². The maximum atomic E-state index is 11.4. The summed E-state index contributed by atoms with van der Waals surface area (Å²) in [5, 5.41) is 16.0. The van der Waals surface area contributed by atoms with Crippen LogP contribution in [0.2, 0.25) is 5.02 Å². The van der Waals surface area contributed by atoms with Gasteiger partial charge in [-0.1, -0.05) is 54.1 Å². The Balaban J connectivity index is 1.41. The first-order valence-electron chi connectivity index (χ1n) is 12.0. The van der Waals surface area contributed by atoms with Gasteiger partial charge in [-0.25, -0.2) is 4.98 Å². The van der Waals surface area contributed by atoms with E-state index >= 15 is 0 Å². The molecule has 6 nitrogen and oxygen atoms in total. The molecule has 0 unspecified atom stereocenters. The Bertz CT molecular complexity index is 1300. The highest BCUT2D eigenvalue weighted by atomic mass is 35.5. The van der Waals surface area contributed by atoms with Crippen molar-refractivity contribution in [1.29, 1.82) is 5.26 Å². The number of amides is 1. The molecule has 1 atom stereocenters. The van der Waals surface area contributed by atoms with Crippen molar-refractivity contribution in [2.75, 3.05) is 13.2 Å². The number of benzene rings is 2. The lowest BCUT2D eigenvalue weighted by Gasteiger charge is -2.16. The number of carbonyl (C=O) groups is 1. The predicted molar refractivity (Wildman–Crippen MR) is 136 cm³/mol. The van der Waals surface area contributed by atoms with E-state index in [0.717, 1.165) is 36.0 Å². The predicted octanol–water partition coefficient (Wildman–Crippen LogP) is 4.83. The zero-order chi connectivity index (χ0) is 24.2. The molecule has 1 aromatic heterocycles. The molecule has 2 aromatic carbocycles. The van der Waals surface area contributed by atoms with Crippen LogP contribution in [0.1, 0.15) is 36.0 Å². The number of halogens is 1. The zero-order valence-electron chi connectivity index (χ0n) is 19.4. The van der Waals surface area contributed by atoms with Crippen molar-refractivity contribution in [3.05, 3.63) is 70.2 Å². The molecule has 1 fully saturated rings. The highest BCUT2D eigenvalue weighted by molar-refractivity contribution is 6.36. The average molecular weight is 487 g/mol. The second-order valence-corrected chi connectivity index (χ2v) is 9.38. The highest BCUT2D eigenvalue weighted by Gasteiger charge is 2.21. The molecule has 0 bridgehead atoms. The molecule has 0 saturated carbocycles. The Morgan fingerprint density at radius 1 is 1.09 bits per heavy atom. The van der Waals surface area contributed by atoms with Gasteiger partial charge in [0.1, 0.15) is 6.07 Å². The number of carbonyl (C=O) groups excluding carboxylic acids is 1. The summed E-state index contributed by atoms with van der Waals surface area (Å²) in [6.45, 7) is 1.09. The van der Waals surface area contributed by atoms with Crippen molar-refractivity contribution >= 4 is 17.5 Å². The normalized spacial score (nSPS) is 16.6. The van der Waals surface area contributed by atoms with Crippen LogP contribution >= 0.6 is 11.6 Å². The molecular formula is C28H27ClN4O2. The highest BCUT2D eigenvalue weighted by Crippen LogP contribution is 2.40. The van der Waals surface area contributed by atoms with Gasteiger partial charge in [0.15, 0.2) is 6.61 Å². The smallest absolute Gasteiger partial charge is 0.220 e. The molecule has 1 aliphatic carbocycles. The Morgan fingerprint density at radius 3 is 2.74 bits per heavy atom. The number of aryl methyl sites for hydroxylation is 1. The fraction of sp³-hybridized carbons (Fsp3) is 0.321. The summed E-state index contributed by atoms with van der Waals surface area (Å²) < 4.78 is 5.68. The number of nitrogens with one attached hydrogen (secondary N) is 2. The minimum atomic E-state index is -0.0912. The molecule has 35 heavy (non-hydrogen) atoms. The minimum absolute atomic E-state index is 0.0912. The van der Waals surface area contributed by atoms with Crippen LogP contribution in [0.3, 0.4) is 0 Å².